The zero-order chi connectivity index (χ0) is 22.1. The molecule has 0 saturated carbocycles. The molecule has 160 valence electrons. The molecule has 4 rings (SSSR count). The third-order valence-electron chi connectivity index (χ3n) is 5.31. The molecule has 0 spiro atoms. The summed E-state index contributed by atoms with van der Waals surface area (Å²) in [4.78, 5) is 13.4. The number of hydrogen-bond acceptors (Lipinski definition) is 4. The number of anilines is 1. The fourth-order valence-corrected chi connectivity index (χ4v) is 4.37. The van der Waals surface area contributed by atoms with Crippen LogP contribution >= 0.6 is 22.9 Å². The maximum absolute atomic E-state index is 12.7. The van der Waals surface area contributed by atoms with Gasteiger partial charge in [-0.3, -0.25) is 14.2 Å². The summed E-state index contributed by atoms with van der Waals surface area (Å²) in [6.45, 7) is 9.15. The van der Waals surface area contributed by atoms with Gasteiger partial charge in [-0.2, -0.15) is 10.2 Å². The molecule has 8 heteroatoms. The van der Waals surface area contributed by atoms with E-state index in [9.17, 15) is 4.79 Å². The Kier molecular flexibility index (Phi) is 5.98. The lowest BCUT2D eigenvalue weighted by Gasteiger charge is -2.07. The van der Waals surface area contributed by atoms with E-state index in [0.717, 1.165) is 22.6 Å². The molecule has 1 amide bonds. The van der Waals surface area contributed by atoms with E-state index in [-0.39, 0.29) is 5.91 Å². The van der Waals surface area contributed by atoms with Crippen LogP contribution < -0.4 is 5.32 Å². The van der Waals surface area contributed by atoms with Gasteiger partial charge < -0.3 is 5.32 Å². The first-order valence-electron chi connectivity index (χ1n) is 9.99. The van der Waals surface area contributed by atoms with Crippen molar-refractivity contribution >= 4 is 34.7 Å². The Hall–Kier alpha value is -2.90. The third-order valence-corrected chi connectivity index (χ3v) is 6.83. The number of nitrogens with one attached hydrogen (secondary N) is 1. The molecule has 0 fully saturated rings. The highest BCUT2D eigenvalue weighted by Crippen LogP contribution is 2.22. The molecule has 0 aliphatic rings. The van der Waals surface area contributed by atoms with Gasteiger partial charge in [-0.15, -0.1) is 11.3 Å². The molecule has 0 saturated heterocycles. The van der Waals surface area contributed by atoms with Crippen LogP contribution in [0.5, 0.6) is 0 Å². The summed E-state index contributed by atoms with van der Waals surface area (Å²) >= 11 is 7.64. The summed E-state index contributed by atoms with van der Waals surface area (Å²) in [6, 6.07) is 12.0. The van der Waals surface area contributed by atoms with E-state index >= 15 is 0 Å². The van der Waals surface area contributed by atoms with Crippen molar-refractivity contribution in [2.75, 3.05) is 5.32 Å². The number of carbonyl (C=O) groups is 1. The number of hydrogen-bond donors (Lipinski definition) is 1. The SMILES string of the molecule is Cc1ccccc1Cn1nc(NC(=O)c2cc(Cn3nc(C)c(Cl)c3C)cs2)cc1C. The largest absolute Gasteiger partial charge is 0.304 e. The number of rotatable bonds is 6. The second kappa shape index (κ2) is 8.69. The summed E-state index contributed by atoms with van der Waals surface area (Å²) in [5.74, 6) is 0.388. The lowest BCUT2D eigenvalue weighted by molar-refractivity contribution is 0.103. The molecule has 1 N–H and O–H groups in total. The second-order valence-corrected chi connectivity index (χ2v) is 8.96. The summed E-state index contributed by atoms with van der Waals surface area (Å²) in [7, 11) is 0. The van der Waals surface area contributed by atoms with Crippen LogP contribution in [0.3, 0.4) is 0 Å². The number of aromatic nitrogens is 4. The Bertz CT molecular complexity index is 1250. The van der Waals surface area contributed by atoms with Crippen molar-refractivity contribution < 1.29 is 4.79 Å². The molecule has 0 atom stereocenters. The first kappa shape index (κ1) is 21.3. The molecule has 6 nitrogen and oxygen atoms in total. The first-order valence-corrected chi connectivity index (χ1v) is 11.2. The average Bonchev–Trinajstić information content (AvgIpc) is 3.40. The van der Waals surface area contributed by atoms with E-state index in [1.165, 1.54) is 22.5 Å². The molecular formula is C23H24ClN5OS. The number of halogens is 1. The number of benzene rings is 1. The van der Waals surface area contributed by atoms with Crippen LogP contribution in [0.1, 0.15) is 43.4 Å². The summed E-state index contributed by atoms with van der Waals surface area (Å²) < 4.78 is 3.77. The van der Waals surface area contributed by atoms with Crippen molar-refractivity contribution in [2.45, 2.75) is 40.8 Å². The van der Waals surface area contributed by atoms with E-state index in [0.29, 0.717) is 28.8 Å². The maximum atomic E-state index is 12.7. The van der Waals surface area contributed by atoms with E-state index in [1.54, 1.807) is 0 Å². The molecule has 0 unspecified atom stereocenters. The van der Waals surface area contributed by atoms with Gasteiger partial charge >= 0.3 is 0 Å². The smallest absolute Gasteiger partial charge is 0.266 e. The minimum Gasteiger partial charge on any atom is -0.304 e. The van der Waals surface area contributed by atoms with E-state index in [1.807, 2.05) is 59.8 Å². The molecule has 0 bridgehead atoms. The highest BCUT2D eigenvalue weighted by Gasteiger charge is 2.15. The van der Waals surface area contributed by atoms with Gasteiger partial charge in [0.2, 0.25) is 0 Å². The molecule has 0 aliphatic carbocycles. The van der Waals surface area contributed by atoms with Crippen LogP contribution in [0.4, 0.5) is 5.82 Å². The Morgan fingerprint density at radius 1 is 1.06 bits per heavy atom. The molecule has 0 aliphatic heterocycles. The Balaban J connectivity index is 1.44. The number of nitrogens with zero attached hydrogens (tertiary/aromatic N) is 4. The zero-order valence-electron chi connectivity index (χ0n) is 17.9. The third kappa shape index (κ3) is 4.57. The van der Waals surface area contributed by atoms with Crippen molar-refractivity contribution in [3.63, 3.8) is 0 Å². The summed E-state index contributed by atoms with van der Waals surface area (Å²) in [5.41, 5.74) is 6.16. The van der Waals surface area contributed by atoms with Crippen molar-refractivity contribution in [3.8, 4) is 0 Å². The van der Waals surface area contributed by atoms with Gasteiger partial charge in [-0.05, 0) is 55.8 Å². The molecule has 4 aromatic rings. The maximum Gasteiger partial charge on any atom is 0.266 e. The number of aryl methyl sites for hydroxylation is 3. The lowest BCUT2D eigenvalue weighted by atomic mass is 10.1. The monoisotopic (exact) mass is 453 g/mol. The van der Waals surface area contributed by atoms with Gasteiger partial charge in [-0.1, -0.05) is 35.9 Å². The van der Waals surface area contributed by atoms with Crippen molar-refractivity contribution in [1.29, 1.82) is 0 Å². The first-order chi connectivity index (χ1) is 14.8. The molecule has 3 aromatic heterocycles. The van der Waals surface area contributed by atoms with E-state index < -0.39 is 0 Å². The van der Waals surface area contributed by atoms with Crippen LogP contribution in [-0.2, 0) is 13.1 Å². The highest BCUT2D eigenvalue weighted by molar-refractivity contribution is 7.12. The minimum absolute atomic E-state index is 0.164. The average molecular weight is 454 g/mol. The Labute approximate surface area is 190 Å². The van der Waals surface area contributed by atoms with Gasteiger partial charge in [0, 0.05) is 11.8 Å². The quantitative estimate of drug-likeness (QED) is 0.426. The fourth-order valence-electron chi connectivity index (χ4n) is 3.44. The predicted molar refractivity (Wildman–Crippen MR) is 125 cm³/mol. The molecule has 0 radical (unpaired) electrons. The fraction of sp³-hybridized carbons (Fsp3) is 0.261. The second-order valence-electron chi connectivity index (χ2n) is 7.67. The van der Waals surface area contributed by atoms with Crippen LogP contribution in [0.2, 0.25) is 5.02 Å². The lowest BCUT2D eigenvalue weighted by Crippen LogP contribution is -2.12. The summed E-state index contributed by atoms with van der Waals surface area (Å²) in [6.07, 6.45) is 0. The van der Waals surface area contributed by atoms with E-state index in [2.05, 4.69) is 34.6 Å². The zero-order valence-corrected chi connectivity index (χ0v) is 19.5. The van der Waals surface area contributed by atoms with Gasteiger partial charge in [0.15, 0.2) is 5.82 Å². The normalized spacial score (nSPS) is 11.1. The van der Waals surface area contributed by atoms with Gasteiger partial charge in [0.25, 0.3) is 5.91 Å². The van der Waals surface area contributed by atoms with E-state index in [4.69, 9.17) is 11.6 Å². The topological polar surface area (TPSA) is 64.7 Å². The minimum atomic E-state index is -0.164. The Morgan fingerprint density at radius 3 is 2.55 bits per heavy atom. The summed E-state index contributed by atoms with van der Waals surface area (Å²) in [5, 5.41) is 14.6. The van der Waals surface area contributed by atoms with Gasteiger partial charge in [-0.25, -0.2) is 0 Å². The number of carbonyl (C=O) groups excluding carboxylic acids is 1. The highest BCUT2D eigenvalue weighted by atomic mass is 35.5. The Morgan fingerprint density at radius 2 is 1.84 bits per heavy atom. The number of thiophene rings is 1. The van der Waals surface area contributed by atoms with Crippen molar-refractivity contribution in [3.05, 3.63) is 85.5 Å². The van der Waals surface area contributed by atoms with Crippen LogP contribution in [0, 0.1) is 27.7 Å². The van der Waals surface area contributed by atoms with Crippen LogP contribution in [0.15, 0.2) is 41.8 Å². The van der Waals surface area contributed by atoms with Crippen molar-refractivity contribution in [2.24, 2.45) is 0 Å². The predicted octanol–water partition coefficient (Wildman–Crippen LogP) is 5.38. The van der Waals surface area contributed by atoms with Crippen LogP contribution in [-0.4, -0.2) is 25.5 Å². The van der Waals surface area contributed by atoms with Gasteiger partial charge in [0.1, 0.15) is 0 Å². The molecular weight excluding hydrogens is 430 g/mol. The molecule has 1 aromatic carbocycles. The standard InChI is InChI=1S/C23H24ClN5OS/c1-14-7-5-6-8-19(14)12-28-15(2)9-21(27-28)25-23(30)20-10-18(13-31-20)11-29-17(4)22(24)16(3)26-29/h5-10,13H,11-12H2,1-4H3,(H,25,27,30). The van der Waals surface area contributed by atoms with Crippen LogP contribution in [0.25, 0.3) is 0 Å². The molecule has 31 heavy (non-hydrogen) atoms. The van der Waals surface area contributed by atoms with Crippen molar-refractivity contribution in [1.82, 2.24) is 19.6 Å². The number of amides is 1. The molecule has 3 heterocycles. The van der Waals surface area contributed by atoms with Gasteiger partial charge in [0.05, 0.1) is 34.4 Å².